The van der Waals surface area contributed by atoms with Crippen molar-refractivity contribution in [1.29, 1.82) is 0 Å². The monoisotopic (exact) mass is 370 g/mol. The van der Waals surface area contributed by atoms with Gasteiger partial charge in [-0.3, -0.25) is 4.79 Å². The molecule has 1 aromatic heterocycles. The van der Waals surface area contributed by atoms with Gasteiger partial charge in [0, 0.05) is 23.4 Å². The van der Waals surface area contributed by atoms with Crippen LogP contribution in [0.4, 0.5) is 18.3 Å². The molecular formula is C17H17F3N2O2S. The van der Waals surface area contributed by atoms with E-state index in [2.05, 4.69) is 15.0 Å². The molecule has 134 valence electrons. The normalized spacial score (nSPS) is 15.3. The SMILES string of the molecule is O=C(Nc1ncc(Cc2ccc(OC(F)(F)F)cc2)s1)C1CCCC1. The van der Waals surface area contributed by atoms with Gasteiger partial charge in [-0.05, 0) is 30.5 Å². The van der Waals surface area contributed by atoms with E-state index in [9.17, 15) is 18.0 Å². The second-order valence-electron chi connectivity index (χ2n) is 5.97. The number of hydrogen-bond acceptors (Lipinski definition) is 4. The number of rotatable bonds is 5. The molecule has 25 heavy (non-hydrogen) atoms. The van der Waals surface area contributed by atoms with Gasteiger partial charge in [0.15, 0.2) is 5.13 Å². The summed E-state index contributed by atoms with van der Waals surface area (Å²) in [6, 6.07) is 5.73. The molecule has 0 radical (unpaired) electrons. The summed E-state index contributed by atoms with van der Waals surface area (Å²) in [5.41, 5.74) is 0.840. The van der Waals surface area contributed by atoms with Crippen LogP contribution >= 0.6 is 11.3 Å². The number of benzene rings is 1. The summed E-state index contributed by atoms with van der Waals surface area (Å²) < 4.78 is 40.3. The summed E-state index contributed by atoms with van der Waals surface area (Å²) in [5.74, 6) is -0.148. The van der Waals surface area contributed by atoms with E-state index in [-0.39, 0.29) is 17.6 Å². The topological polar surface area (TPSA) is 51.2 Å². The van der Waals surface area contributed by atoms with Gasteiger partial charge in [0.1, 0.15) is 5.75 Å². The van der Waals surface area contributed by atoms with E-state index in [0.29, 0.717) is 11.6 Å². The number of nitrogens with one attached hydrogen (secondary N) is 1. The Hall–Kier alpha value is -2.09. The van der Waals surface area contributed by atoms with Crippen LogP contribution in [0.1, 0.15) is 36.1 Å². The maximum atomic E-state index is 12.1. The molecule has 1 aromatic carbocycles. The minimum atomic E-state index is -4.69. The molecule has 1 heterocycles. The van der Waals surface area contributed by atoms with Crippen molar-refractivity contribution in [1.82, 2.24) is 4.98 Å². The third kappa shape index (κ3) is 5.19. The van der Waals surface area contributed by atoms with Gasteiger partial charge in [-0.15, -0.1) is 24.5 Å². The molecule has 0 spiro atoms. The van der Waals surface area contributed by atoms with Gasteiger partial charge >= 0.3 is 6.36 Å². The minimum absolute atomic E-state index is 0.0204. The van der Waals surface area contributed by atoms with Gasteiger partial charge in [0.05, 0.1) is 0 Å². The number of halogens is 3. The third-order valence-corrected chi connectivity index (χ3v) is 4.96. The Kier molecular flexibility index (Phi) is 5.27. The van der Waals surface area contributed by atoms with Crippen molar-refractivity contribution in [2.45, 2.75) is 38.5 Å². The first-order valence-electron chi connectivity index (χ1n) is 7.99. The highest BCUT2D eigenvalue weighted by Gasteiger charge is 2.31. The number of amides is 1. The molecule has 0 saturated heterocycles. The summed E-state index contributed by atoms with van der Waals surface area (Å²) >= 11 is 1.37. The van der Waals surface area contributed by atoms with E-state index in [1.165, 1.54) is 23.5 Å². The lowest BCUT2D eigenvalue weighted by atomic mass is 10.1. The predicted molar refractivity (Wildman–Crippen MR) is 88.6 cm³/mol. The molecule has 1 fully saturated rings. The number of carbonyl (C=O) groups is 1. The van der Waals surface area contributed by atoms with Crippen LogP contribution in [0.3, 0.4) is 0 Å². The van der Waals surface area contributed by atoms with Crippen LogP contribution in [0.5, 0.6) is 5.75 Å². The number of thiazole rings is 1. The Morgan fingerprint density at radius 3 is 2.56 bits per heavy atom. The van der Waals surface area contributed by atoms with Gasteiger partial charge in [-0.2, -0.15) is 0 Å². The summed E-state index contributed by atoms with van der Waals surface area (Å²) in [6.45, 7) is 0. The number of carbonyl (C=O) groups excluding carboxylic acids is 1. The Bertz CT molecular complexity index is 722. The molecule has 0 unspecified atom stereocenters. The lowest BCUT2D eigenvalue weighted by molar-refractivity contribution is -0.274. The maximum Gasteiger partial charge on any atom is 0.573 e. The van der Waals surface area contributed by atoms with Gasteiger partial charge < -0.3 is 10.1 Å². The van der Waals surface area contributed by atoms with Crippen molar-refractivity contribution < 1.29 is 22.7 Å². The Balaban J connectivity index is 1.56. The number of alkyl halides is 3. The molecule has 8 heteroatoms. The lowest BCUT2D eigenvalue weighted by Crippen LogP contribution is -2.19. The standard InChI is InChI=1S/C17H17F3N2O2S/c18-17(19,20)24-13-7-5-11(6-8-13)9-14-10-21-16(25-14)22-15(23)12-3-1-2-4-12/h5-8,10,12H,1-4,9H2,(H,21,22,23). The largest absolute Gasteiger partial charge is 0.573 e. The van der Waals surface area contributed by atoms with Crippen molar-refractivity contribution in [3.63, 3.8) is 0 Å². The zero-order valence-corrected chi connectivity index (χ0v) is 14.1. The highest BCUT2D eigenvalue weighted by Crippen LogP contribution is 2.28. The molecule has 3 rings (SSSR count). The first-order chi connectivity index (χ1) is 11.9. The van der Waals surface area contributed by atoms with Crippen molar-refractivity contribution in [2.75, 3.05) is 5.32 Å². The summed E-state index contributed by atoms with van der Waals surface area (Å²) in [5, 5.41) is 3.41. The Morgan fingerprint density at radius 2 is 1.92 bits per heavy atom. The summed E-state index contributed by atoms with van der Waals surface area (Å²) in [6.07, 6.45) is 1.56. The molecule has 4 nitrogen and oxygen atoms in total. The third-order valence-electron chi connectivity index (χ3n) is 4.04. The quantitative estimate of drug-likeness (QED) is 0.825. The van der Waals surface area contributed by atoms with Crippen LogP contribution in [-0.2, 0) is 11.2 Å². The van der Waals surface area contributed by atoms with Gasteiger partial charge in [0.25, 0.3) is 0 Å². The second-order valence-corrected chi connectivity index (χ2v) is 7.09. The number of hydrogen-bond donors (Lipinski definition) is 1. The van der Waals surface area contributed by atoms with Crippen molar-refractivity contribution in [2.24, 2.45) is 5.92 Å². The van der Waals surface area contributed by atoms with Crippen LogP contribution in [0, 0.1) is 5.92 Å². The van der Waals surface area contributed by atoms with Crippen LogP contribution in [0.2, 0.25) is 0 Å². The van der Waals surface area contributed by atoms with E-state index < -0.39 is 6.36 Å². The molecule has 1 aliphatic rings. The first kappa shape index (κ1) is 17.7. The maximum absolute atomic E-state index is 12.1. The van der Waals surface area contributed by atoms with Gasteiger partial charge in [-0.25, -0.2) is 4.98 Å². The molecule has 1 amide bonds. The Labute approximate surface area is 147 Å². The number of ether oxygens (including phenoxy) is 1. The zero-order valence-electron chi connectivity index (χ0n) is 13.3. The lowest BCUT2D eigenvalue weighted by Gasteiger charge is -2.09. The molecule has 0 aliphatic heterocycles. The zero-order chi connectivity index (χ0) is 17.9. The van der Waals surface area contributed by atoms with E-state index in [1.807, 2.05) is 0 Å². The molecule has 1 N–H and O–H groups in total. The second kappa shape index (κ2) is 7.43. The van der Waals surface area contributed by atoms with Crippen LogP contribution in [-0.4, -0.2) is 17.3 Å². The van der Waals surface area contributed by atoms with Crippen LogP contribution in [0.15, 0.2) is 30.5 Å². The van der Waals surface area contributed by atoms with Crippen LogP contribution < -0.4 is 10.1 Å². The number of nitrogens with zero attached hydrogens (tertiary/aromatic N) is 1. The van der Waals surface area contributed by atoms with Gasteiger partial charge in [0.2, 0.25) is 5.91 Å². The molecule has 0 bridgehead atoms. The smallest absolute Gasteiger partial charge is 0.406 e. The van der Waals surface area contributed by atoms with Crippen molar-refractivity contribution in [3.05, 3.63) is 40.9 Å². The van der Waals surface area contributed by atoms with Crippen molar-refractivity contribution >= 4 is 22.4 Å². The highest BCUT2D eigenvalue weighted by atomic mass is 32.1. The molecule has 1 saturated carbocycles. The van der Waals surface area contributed by atoms with E-state index in [0.717, 1.165) is 36.1 Å². The highest BCUT2D eigenvalue weighted by molar-refractivity contribution is 7.15. The van der Waals surface area contributed by atoms with Gasteiger partial charge in [-0.1, -0.05) is 25.0 Å². The van der Waals surface area contributed by atoms with E-state index in [4.69, 9.17) is 0 Å². The number of aromatic nitrogens is 1. The van der Waals surface area contributed by atoms with Crippen molar-refractivity contribution in [3.8, 4) is 5.75 Å². The molecule has 0 atom stereocenters. The fourth-order valence-electron chi connectivity index (χ4n) is 2.85. The minimum Gasteiger partial charge on any atom is -0.406 e. The Morgan fingerprint density at radius 1 is 1.24 bits per heavy atom. The first-order valence-corrected chi connectivity index (χ1v) is 8.81. The van der Waals surface area contributed by atoms with E-state index >= 15 is 0 Å². The molecule has 1 aliphatic carbocycles. The predicted octanol–water partition coefficient (Wildman–Crippen LogP) is 4.76. The fraction of sp³-hybridized carbons (Fsp3) is 0.412. The number of anilines is 1. The fourth-order valence-corrected chi connectivity index (χ4v) is 3.70. The van der Waals surface area contributed by atoms with Crippen LogP contribution in [0.25, 0.3) is 0 Å². The molecular weight excluding hydrogens is 353 g/mol. The average Bonchev–Trinajstić information content (AvgIpc) is 3.20. The summed E-state index contributed by atoms with van der Waals surface area (Å²) in [4.78, 5) is 17.2. The molecule has 2 aromatic rings. The summed E-state index contributed by atoms with van der Waals surface area (Å²) in [7, 11) is 0. The van der Waals surface area contributed by atoms with E-state index in [1.54, 1.807) is 18.3 Å². The average molecular weight is 370 g/mol.